The average molecular weight is 366 g/mol. The van der Waals surface area contributed by atoms with E-state index in [4.69, 9.17) is 11.6 Å². The van der Waals surface area contributed by atoms with Gasteiger partial charge in [0.15, 0.2) is 11.0 Å². The Morgan fingerprint density at radius 2 is 2.04 bits per heavy atom. The second-order valence-electron chi connectivity index (χ2n) is 5.35. The molecular formula is C15H16ClN5O2S. The summed E-state index contributed by atoms with van der Waals surface area (Å²) in [5.41, 5.74) is 0.888. The van der Waals surface area contributed by atoms with Gasteiger partial charge in [0.05, 0.1) is 5.25 Å². The van der Waals surface area contributed by atoms with Crippen molar-refractivity contribution in [2.24, 2.45) is 7.05 Å². The second kappa shape index (κ2) is 6.82. The zero-order chi connectivity index (χ0) is 17.3. The lowest BCUT2D eigenvalue weighted by Crippen LogP contribution is -2.39. The van der Waals surface area contributed by atoms with Gasteiger partial charge in [0, 0.05) is 30.7 Å². The van der Waals surface area contributed by atoms with Crippen LogP contribution in [0.1, 0.15) is 6.92 Å². The number of nitrogens with zero attached hydrogens (tertiary/aromatic N) is 4. The number of amides is 3. The molecule has 1 saturated heterocycles. The molecule has 2 heterocycles. The van der Waals surface area contributed by atoms with Gasteiger partial charge in [-0.3, -0.25) is 9.69 Å². The minimum absolute atomic E-state index is 0.231. The van der Waals surface area contributed by atoms with Crippen LogP contribution in [0.15, 0.2) is 29.4 Å². The molecule has 3 rings (SSSR count). The van der Waals surface area contributed by atoms with Gasteiger partial charge >= 0.3 is 6.03 Å². The third kappa shape index (κ3) is 3.25. The van der Waals surface area contributed by atoms with Crippen LogP contribution >= 0.6 is 23.4 Å². The van der Waals surface area contributed by atoms with E-state index in [1.807, 2.05) is 23.7 Å². The molecule has 0 saturated carbocycles. The molecule has 0 spiro atoms. The highest BCUT2D eigenvalue weighted by molar-refractivity contribution is 8.00. The number of rotatable bonds is 4. The maximum absolute atomic E-state index is 12.4. The average Bonchev–Trinajstić information content (AvgIpc) is 3.14. The summed E-state index contributed by atoms with van der Waals surface area (Å²) in [5.74, 6) is 0.457. The Hall–Kier alpha value is -2.06. The van der Waals surface area contributed by atoms with E-state index in [2.05, 4.69) is 15.5 Å². The SMILES string of the molecule is CC(Sc1nnc(-c2ccc(Cl)cc2)n1C)C(=O)N1CCNC1=O. The summed E-state index contributed by atoms with van der Waals surface area (Å²) in [5, 5.41) is 11.8. The molecule has 1 aliphatic heterocycles. The number of urea groups is 1. The third-order valence-electron chi connectivity index (χ3n) is 3.69. The van der Waals surface area contributed by atoms with Crippen molar-refractivity contribution in [1.82, 2.24) is 25.0 Å². The Balaban J connectivity index is 1.75. The van der Waals surface area contributed by atoms with Crippen LogP contribution in [-0.2, 0) is 11.8 Å². The zero-order valence-corrected chi connectivity index (χ0v) is 14.8. The molecule has 126 valence electrons. The van der Waals surface area contributed by atoms with Crippen molar-refractivity contribution in [2.75, 3.05) is 13.1 Å². The smallest absolute Gasteiger partial charge is 0.324 e. The number of carbonyl (C=O) groups is 2. The Bertz CT molecular complexity index is 777. The Labute approximate surface area is 148 Å². The van der Waals surface area contributed by atoms with Crippen molar-refractivity contribution in [3.05, 3.63) is 29.3 Å². The Morgan fingerprint density at radius 3 is 2.67 bits per heavy atom. The third-order valence-corrected chi connectivity index (χ3v) is 5.06. The molecule has 2 aromatic rings. The number of thioether (sulfide) groups is 1. The molecule has 1 aromatic carbocycles. The molecule has 3 amide bonds. The van der Waals surface area contributed by atoms with Crippen LogP contribution in [-0.4, -0.2) is 49.9 Å². The van der Waals surface area contributed by atoms with Crippen LogP contribution in [0.3, 0.4) is 0 Å². The predicted molar refractivity (Wildman–Crippen MR) is 91.9 cm³/mol. The second-order valence-corrected chi connectivity index (χ2v) is 7.10. The molecule has 1 fully saturated rings. The lowest BCUT2D eigenvalue weighted by molar-refractivity contribution is -0.126. The van der Waals surface area contributed by atoms with Crippen LogP contribution in [0, 0.1) is 0 Å². The van der Waals surface area contributed by atoms with Crippen molar-refractivity contribution < 1.29 is 9.59 Å². The first-order valence-corrected chi connectivity index (χ1v) is 8.64. The van der Waals surface area contributed by atoms with Crippen LogP contribution in [0.5, 0.6) is 0 Å². The summed E-state index contributed by atoms with van der Waals surface area (Å²) >= 11 is 7.18. The van der Waals surface area contributed by atoms with E-state index < -0.39 is 5.25 Å². The van der Waals surface area contributed by atoms with Gasteiger partial charge in [-0.2, -0.15) is 0 Å². The standard InChI is InChI=1S/C15H16ClN5O2S/c1-9(13(22)21-8-7-17-14(21)23)24-15-19-18-12(20(15)2)10-3-5-11(16)6-4-10/h3-6,9H,7-8H2,1-2H3,(H,17,23). The fourth-order valence-corrected chi connectivity index (χ4v) is 3.38. The zero-order valence-electron chi connectivity index (χ0n) is 13.2. The highest BCUT2D eigenvalue weighted by atomic mass is 35.5. The molecule has 1 unspecified atom stereocenters. The van der Waals surface area contributed by atoms with Gasteiger partial charge in [0.25, 0.3) is 0 Å². The van der Waals surface area contributed by atoms with Crippen LogP contribution in [0.4, 0.5) is 4.79 Å². The van der Waals surface area contributed by atoms with Crippen molar-refractivity contribution in [3.63, 3.8) is 0 Å². The number of aromatic nitrogens is 3. The van der Waals surface area contributed by atoms with E-state index >= 15 is 0 Å². The fraction of sp³-hybridized carbons (Fsp3) is 0.333. The van der Waals surface area contributed by atoms with E-state index in [0.29, 0.717) is 29.1 Å². The number of halogens is 1. The van der Waals surface area contributed by atoms with E-state index in [-0.39, 0.29) is 11.9 Å². The van der Waals surface area contributed by atoms with E-state index in [1.165, 1.54) is 16.7 Å². The van der Waals surface area contributed by atoms with Crippen LogP contribution in [0.25, 0.3) is 11.4 Å². The fourth-order valence-electron chi connectivity index (χ4n) is 2.38. The number of carbonyl (C=O) groups excluding carboxylic acids is 2. The minimum Gasteiger partial charge on any atom is -0.336 e. The molecule has 1 atom stereocenters. The van der Waals surface area contributed by atoms with E-state index in [1.54, 1.807) is 19.1 Å². The Kier molecular flexibility index (Phi) is 4.77. The maximum Gasteiger partial charge on any atom is 0.324 e. The molecule has 0 aliphatic carbocycles. The molecule has 1 N–H and O–H groups in total. The molecule has 9 heteroatoms. The van der Waals surface area contributed by atoms with E-state index in [9.17, 15) is 9.59 Å². The first kappa shape index (κ1) is 16.8. The van der Waals surface area contributed by atoms with Gasteiger partial charge in [-0.05, 0) is 31.2 Å². The summed E-state index contributed by atoms with van der Waals surface area (Å²) < 4.78 is 1.82. The van der Waals surface area contributed by atoms with Crippen molar-refractivity contribution in [2.45, 2.75) is 17.3 Å². The number of benzene rings is 1. The van der Waals surface area contributed by atoms with Gasteiger partial charge in [-0.25, -0.2) is 4.79 Å². The van der Waals surface area contributed by atoms with E-state index in [0.717, 1.165) is 5.56 Å². The topological polar surface area (TPSA) is 80.1 Å². The minimum atomic E-state index is -0.435. The van der Waals surface area contributed by atoms with Crippen molar-refractivity contribution in [1.29, 1.82) is 0 Å². The number of imide groups is 1. The summed E-state index contributed by atoms with van der Waals surface area (Å²) in [4.78, 5) is 25.2. The van der Waals surface area contributed by atoms with Crippen LogP contribution in [0.2, 0.25) is 5.02 Å². The predicted octanol–water partition coefficient (Wildman–Crippen LogP) is 2.17. The van der Waals surface area contributed by atoms with Gasteiger partial charge in [-0.1, -0.05) is 23.4 Å². The lowest BCUT2D eigenvalue weighted by Gasteiger charge is -2.16. The van der Waals surface area contributed by atoms with Crippen LogP contribution < -0.4 is 5.32 Å². The van der Waals surface area contributed by atoms with Gasteiger partial charge in [0.1, 0.15) is 0 Å². The highest BCUT2D eigenvalue weighted by Crippen LogP contribution is 2.27. The van der Waals surface area contributed by atoms with Gasteiger partial charge in [0.2, 0.25) is 5.91 Å². The maximum atomic E-state index is 12.4. The molecule has 24 heavy (non-hydrogen) atoms. The number of nitrogens with one attached hydrogen (secondary N) is 1. The molecular weight excluding hydrogens is 350 g/mol. The Morgan fingerprint density at radius 1 is 1.33 bits per heavy atom. The first-order chi connectivity index (χ1) is 11.5. The molecule has 7 nitrogen and oxygen atoms in total. The molecule has 0 radical (unpaired) electrons. The molecule has 1 aliphatic rings. The van der Waals surface area contributed by atoms with Gasteiger partial charge < -0.3 is 9.88 Å². The van der Waals surface area contributed by atoms with Crippen molar-refractivity contribution >= 4 is 35.3 Å². The number of hydrogen-bond donors (Lipinski definition) is 1. The largest absolute Gasteiger partial charge is 0.336 e. The lowest BCUT2D eigenvalue weighted by atomic mass is 10.2. The molecule has 1 aromatic heterocycles. The first-order valence-electron chi connectivity index (χ1n) is 7.38. The molecule has 0 bridgehead atoms. The summed E-state index contributed by atoms with van der Waals surface area (Å²) in [6.07, 6.45) is 0. The quantitative estimate of drug-likeness (QED) is 0.840. The normalized spacial score (nSPS) is 15.5. The van der Waals surface area contributed by atoms with Crippen molar-refractivity contribution in [3.8, 4) is 11.4 Å². The summed E-state index contributed by atoms with van der Waals surface area (Å²) in [6, 6.07) is 6.97. The monoisotopic (exact) mass is 365 g/mol. The summed E-state index contributed by atoms with van der Waals surface area (Å²) in [7, 11) is 1.84. The summed E-state index contributed by atoms with van der Waals surface area (Å²) in [6.45, 7) is 2.65. The van der Waals surface area contributed by atoms with Gasteiger partial charge in [-0.15, -0.1) is 10.2 Å². The highest BCUT2D eigenvalue weighted by Gasteiger charge is 2.31. The number of hydrogen-bond acceptors (Lipinski definition) is 5.